The van der Waals surface area contributed by atoms with Crippen LogP contribution in [0.3, 0.4) is 0 Å². The highest BCUT2D eigenvalue weighted by Gasteiger charge is 2.03. The molecule has 2 N–H and O–H groups in total. The summed E-state index contributed by atoms with van der Waals surface area (Å²) in [7, 11) is 0. The molecular weight excluding hydrogens is 238 g/mol. The van der Waals surface area contributed by atoms with E-state index in [1.807, 2.05) is 6.07 Å². The maximum atomic E-state index is 11.7. The van der Waals surface area contributed by atoms with Gasteiger partial charge in [-0.3, -0.25) is 4.79 Å². The Balaban J connectivity index is 2.08. The van der Waals surface area contributed by atoms with Gasteiger partial charge >= 0.3 is 0 Å². The minimum absolute atomic E-state index is 0.0270. The fraction of sp³-hybridized carbons (Fsp3) is 0.562. The molecular formula is C16H25NO2. The summed E-state index contributed by atoms with van der Waals surface area (Å²) in [6.45, 7) is 2.96. The third-order valence-electron chi connectivity index (χ3n) is 3.13. The number of carbonyl (C=O) groups excluding carboxylic acids is 1. The molecule has 3 heteroatoms. The first-order chi connectivity index (χ1) is 9.22. The van der Waals surface area contributed by atoms with Crippen LogP contribution in [0.4, 0.5) is 0 Å². The summed E-state index contributed by atoms with van der Waals surface area (Å²) in [5.41, 5.74) is 0.848. The number of rotatable bonds is 9. The average Bonchev–Trinajstić information content (AvgIpc) is 2.37. The Labute approximate surface area is 116 Å². The van der Waals surface area contributed by atoms with Crippen molar-refractivity contribution < 1.29 is 9.90 Å². The number of hydrogen-bond acceptors (Lipinski definition) is 2. The van der Waals surface area contributed by atoms with Gasteiger partial charge in [-0.05, 0) is 24.1 Å². The molecule has 0 radical (unpaired) electrons. The molecule has 0 fully saturated rings. The van der Waals surface area contributed by atoms with E-state index in [9.17, 15) is 9.90 Å². The maximum Gasteiger partial charge on any atom is 0.224 e. The Kier molecular flexibility index (Phi) is 7.71. The number of benzene rings is 1. The smallest absolute Gasteiger partial charge is 0.224 e. The van der Waals surface area contributed by atoms with Crippen LogP contribution in [0.15, 0.2) is 24.3 Å². The Bertz CT molecular complexity index is 377. The number of amides is 1. The number of nitrogens with one attached hydrogen (secondary N) is 1. The van der Waals surface area contributed by atoms with Gasteiger partial charge in [0.1, 0.15) is 5.75 Å². The summed E-state index contributed by atoms with van der Waals surface area (Å²) in [4.78, 5) is 11.7. The lowest BCUT2D eigenvalue weighted by Gasteiger charge is -2.05. The van der Waals surface area contributed by atoms with E-state index in [0.29, 0.717) is 6.42 Å². The molecule has 0 saturated heterocycles. The van der Waals surface area contributed by atoms with E-state index in [1.165, 1.54) is 32.1 Å². The predicted octanol–water partition coefficient (Wildman–Crippen LogP) is 3.41. The van der Waals surface area contributed by atoms with Gasteiger partial charge in [0, 0.05) is 6.54 Å². The summed E-state index contributed by atoms with van der Waals surface area (Å²) in [5.74, 6) is 0.236. The predicted molar refractivity (Wildman–Crippen MR) is 78.2 cm³/mol. The molecule has 0 aliphatic heterocycles. The number of phenols is 1. The molecule has 0 bridgehead atoms. The minimum atomic E-state index is 0.0270. The lowest BCUT2D eigenvalue weighted by atomic mass is 10.1. The average molecular weight is 263 g/mol. The molecule has 0 unspecified atom stereocenters. The molecule has 0 aliphatic carbocycles. The fourth-order valence-electron chi connectivity index (χ4n) is 2.05. The van der Waals surface area contributed by atoms with Gasteiger partial charge in [-0.2, -0.15) is 0 Å². The Morgan fingerprint density at radius 2 is 1.89 bits per heavy atom. The maximum absolute atomic E-state index is 11.7. The summed E-state index contributed by atoms with van der Waals surface area (Å²) >= 11 is 0. The molecule has 1 amide bonds. The molecule has 3 nitrogen and oxygen atoms in total. The van der Waals surface area contributed by atoms with Crippen LogP contribution in [0.5, 0.6) is 5.75 Å². The van der Waals surface area contributed by atoms with Gasteiger partial charge in [-0.1, -0.05) is 51.2 Å². The van der Waals surface area contributed by atoms with Crippen molar-refractivity contribution in [2.45, 2.75) is 51.9 Å². The summed E-state index contributed by atoms with van der Waals surface area (Å²) < 4.78 is 0. The lowest BCUT2D eigenvalue weighted by Crippen LogP contribution is -2.26. The van der Waals surface area contributed by atoms with Gasteiger partial charge in [0.05, 0.1) is 6.42 Å². The van der Waals surface area contributed by atoms with Crippen LogP contribution in [-0.2, 0) is 11.2 Å². The van der Waals surface area contributed by atoms with Gasteiger partial charge in [0.25, 0.3) is 0 Å². The second kappa shape index (κ2) is 9.42. The quantitative estimate of drug-likeness (QED) is 0.671. The number of aromatic hydroxyl groups is 1. The second-order valence-electron chi connectivity index (χ2n) is 4.96. The zero-order valence-corrected chi connectivity index (χ0v) is 11.8. The number of carbonyl (C=O) groups is 1. The van der Waals surface area contributed by atoms with E-state index >= 15 is 0 Å². The van der Waals surface area contributed by atoms with Gasteiger partial charge in [-0.25, -0.2) is 0 Å². The normalized spacial score (nSPS) is 10.4. The van der Waals surface area contributed by atoms with Crippen LogP contribution in [0, 0.1) is 0 Å². The van der Waals surface area contributed by atoms with E-state index in [2.05, 4.69) is 12.2 Å². The van der Waals surface area contributed by atoms with Crippen molar-refractivity contribution in [3.63, 3.8) is 0 Å². The lowest BCUT2D eigenvalue weighted by molar-refractivity contribution is -0.120. The molecule has 0 aliphatic rings. The first kappa shape index (κ1) is 15.5. The Morgan fingerprint density at radius 1 is 1.16 bits per heavy atom. The van der Waals surface area contributed by atoms with Gasteiger partial charge in [0.15, 0.2) is 0 Å². The van der Waals surface area contributed by atoms with Crippen molar-refractivity contribution in [1.82, 2.24) is 5.32 Å². The molecule has 0 atom stereocenters. The molecule has 0 spiro atoms. The highest BCUT2D eigenvalue weighted by molar-refractivity contribution is 5.78. The molecule has 0 aromatic heterocycles. The molecule has 106 valence electrons. The number of phenolic OH excluding ortho intramolecular Hbond substituents is 1. The summed E-state index contributed by atoms with van der Waals surface area (Å²) in [5, 5.41) is 12.2. The van der Waals surface area contributed by atoms with E-state index in [4.69, 9.17) is 0 Å². The van der Waals surface area contributed by atoms with E-state index < -0.39 is 0 Å². The Morgan fingerprint density at radius 3 is 2.63 bits per heavy atom. The van der Waals surface area contributed by atoms with Crippen LogP contribution in [0.2, 0.25) is 0 Å². The first-order valence-electron chi connectivity index (χ1n) is 7.27. The standard InChI is InChI=1S/C16H25NO2/c1-2-3-4-5-6-7-11-17-16(19)13-14-9-8-10-15(18)12-14/h8-10,12,18H,2-7,11,13H2,1H3,(H,17,19). The molecule has 0 heterocycles. The van der Waals surface area contributed by atoms with E-state index in [1.54, 1.807) is 18.2 Å². The highest BCUT2D eigenvalue weighted by atomic mass is 16.3. The van der Waals surface area contributed by atoms with Gasteiger partial charge in [0.2, 0.25) is 5.91 Å². The van der Waals surface area contributed by atoms with Crippen LogP contribution in [0.1, 0.15) is 51.0 Å². The fourth-order valence-corrected chi connectivity index (χ4v) is 2.05. The topological polar surface area (TPSA) is 49.3 Å². The zero-order chi connectivity index (χ0) is 13.9. The van der Waals surface area contributed by atoms with Gasteiger partial charge < -0.3 is 10.4 Å². The van der Waals surface area contributed by atoms with Gasteiger partial charge in [-0.15, -0.1) is 0 Å². The second-order valence-corrected chi connectivity index (χ2v) is 4.96. The minimum Gasteiger partial charge on any atom is -0.508 e. The molecule has 1 aromatic rings. The monoisotopic (exact) mass is 263 g/mol. The zero-order valence-electron chi connectivity index (χ0n) is 11.8. The van der Waals surface area contributed by atoms with Crippen molar-refractivity contribution in [3.8, 4) is 5.75 Å². The molecule has 0 saturated carbocycles. The van der Waals surface area contributed by atoms with Crippen molar-refractivity contribution in [2.24, 2.45) is 0 Å². The van der Waals surface area contributed by atoms with E-state index in [0.717, 1.165) is 18.5 Å². The Hall–Kier alpha value is -1.51. The van der Waals surface area contributed by atoms with Crippen molar-refractivity contribution in [3.05, 3.63) is 29.8 Å². The molecule has 1 aromatic carbocycles. The van der Waals surface area contributed by atoms with Crippen LogP contribution in [0.25, 0.3) is 0 Å². The SMILES string of the molecule is CCCCCCCCNC(=O)Cc1cccc(O)c1. The van der Waals surface area contributed by atoms with Crippen LogP contribution in [-0.4, -0.2) is 17.6 Å². The summed E-state index contributed by atoms with van der Waals surface area (Å²) in [6, 6.07) is 6.85. The number of hydrogen-bond donors (Lipinski definition) is 2. The van der Waals surface area contributed by atoms with Crippen molar-refractivity contribution in [1.29, 1.82) is 0 Å². The third-order valence-corrected chi connectivity index (χ3v) is 3.13. The van der Waals surface area contributed by atoms with Crippen molar-refractivity contribution in [2.75, 3.05) is 6.54 Å². The molecule has 19 heavy (non-hydrogen) atoms. The van der Waals surface area contributed by atoms with E-state index in [-0.39, 0.29) is 11.7 Å². The first-order valence-corrected chi connectivity index (χ1v) is 7.27. The molecule has 1 rings (SSSR count). The largest absolute Gasteiger partial charge is 0.508 e. The highest BCUT2D eigenvalue weighted by Crippen LogP contribution is 2.11. The summed E-state index contributed by atoms with van der Waals surface area (Å²) in [6.07, 6.45) is 7.71. The van der Waals surface area contributed by atoms with Crippen LogP contribution < -0.4 is 5.32 Å². The van der Waals surface area contributed by atoms with Crippen molar-refractivity contribution >= 4 is 5.91 Å². The van der Waals surface area contributed by atoms with Crippen LogP contribution >= 0.6 is 0 Å². The third kappa shape index (κ3) is 7.50. The number of unbranched alkanes of at least 4 members (excludes halogenated alkanes) is 5.